The number of piperazine rings is 1. The first-order valence-corrected chi connectivity index (χ1v) is 10.5. The second-order valence-corrected chi connectivity index (χ2v) is 8.08. The molecule has 2 N–H and O–H groups in total. The minimum Gasteiger partial charge on any atom is -0.378 e. The van der Waals surface area contributed by atoms with Gasteiger partial charge >= 0.3 is 0 Å². The quantitative estimate of drug-likeness (QED) is 0.722. The summed E-state index contributed by atoms with van der Waals surface area (Å²) in [5.74, 6) is 0.0108. The van der Waals surface area contributed by atoms with Crippen LogP contribution in [0.1, 0.15) is 24.8 Å². The van der Waals surface area contributed by atoms with Gasteiger partial charge in [0.25, 0.3) is 0 Å². The molecule has 158 valence electrons. The van der Waals surface area contributed by atoms with Gasteiger partial charge in [-0.2, -0.15) is 0 Å². The highest BCUT2D eigenvalue weighted by atomic mass is 19.1. The molecular weight excluding hydrogens is 375 g/mol. The molecule has 0 spiro atoms. The van der Waals surface area contributed by atoms with Crippen LogP contribution in [-0.2, 0) is 20.9 Å². The molecule has 3 aliphatic heterocycles. The van der Waals surface area contributed by atoms with Crippen LogP contribution in [0.3, 0.4) is 0 Å². The molecule has 3 saturated heterocycles. The van der Waals surface area contributed by atoms with E-state index in [0.717, 1.165) is 24.9 Å². The van der Waals surface area contributed by atoms with Gasteiger partial charge in [0, 0.05) is 51.2 Å². The number of ether oxygens (including phenoxy) is 1. The number of nitrogens with one attached hydrogen (secondary N) is 2. The molecule has 29 heavy (non-hydrogen) atoms. The lowest BCUT2D eigenvalue weighted by atomic mass is 10.0. The van der Waals surface area contributed by atoms with Crippen LogP contribution in [0.25, 0.3) is 0 Å². The van der Waals surface area contributed by atoms with Gasteiger partial charge in [0.05, 0.1) is 19.3 Å². The molecule has 0 radical (unpaired) electrons. The number of rotatable bonds is 6. The Labute approximate surface area is 170 Å². The maximum Gasteiger partial charge on any atom is 0.237 e. The first-order valence-electron chi connectivity index (χ1n) is 10.5. The number of hydrogen-bond acceptors (Lipinski definition) is 5. The molecule has 3 atom stereocenters. The van der Waals surface area contributed by atoms with Crippen molar-refractivity contribution in [3.05, 3.63) is 35.6 Å². The predicted molar refractivity (Wildman–Crippen MR) is 106 cm³/mol. The topological polar surface area (TPSA) is 73.9 Å². The van der Waals surface area contributed by atoms with E-state index < -0.39 is 0 Å². The maximum atomic E-state index is 13.1. The number of nitrogens with zero attached hydrogens (tertiary/aromatic N) is 2. The largest absolute Gasteiger partial charge is 0.378 e. The number of halogens is 1. The summed E-state index contributed by atoms with van der Waals surface area (Å²) in [6.45, 7) is 4.59. The summed E-state index contributed by atoms with van der Waals surface area (Å²) in [5, 5.41) is 6.51. The summed E-state index contributed by atoms with van der Waals surface area (Å²) in [5.41, 5.74) is 1.02. The second kappa shape index (κ2) is 9.19. The molecule has 0 aliphatic carbocycles. The summed E-state index contributed by atoms with van der Waals surface area (Å²) in [4.78, 5) is 29.0. The van der Waals surface area contributed by atoms with E-state index in [1.54, 1.807) is 12.1 Å². The highest BCUT2D eigenvalue weighted by Crippen LogP contribution is 2.26. The Morgan fingerprint density at radius 1 is 1.24 bits per heavy atom. The monoisotopic (exact) mass is 404 g/mol. The van der Waals surface area contributed by atoms with Crippen LogP contribution < -0.4 is 10.6 Å². The number of amides is 2. The number of benzene rings is 1. The molecule has 0 bridgehead atoms. The van der Waals surface area contributed by atoms with Gasteiger partial charge < -0.3 is 20.3 Å². The number of morpholine rings is 1. The number of hydrogen-bond donors (Lipinski definition) is 2. The van der Waals surface area contributed by atoms with Gasteiger partial charge in [-0.1, -0.05) is 12.1 Å². The first kappa shape index (κ1) is 20.3. The normalized spacial score (nSPS) is 27.6. The third-order valence-corrected chi connectivity index (χ3v) is 6.19. The van der Waals surface area contributed by atoms with Gasteiger partial charge in [-0.15, -0.1) is 0 Å². The zero-order chi connectivity index (χ0) is 20.2. The van der Waals surface area contributed by atoms with Gasteiger partial charge in [0.15, 0.2) is 0 Å². The SMILES string of the molecule is O=C1NCC(CCC(=O)N2CCOCC2)N2CC(NCc3ccc(F)cc3)CC12. The fourth-order valence-electron chi connectivity index (χ4n) is 4.52. The van der Waals surface area contributed by atoms with E-state index in [1.165, 1.54) is 12.1 Å². The lowest BCUT2D eigenvalue weighted by Gasteiger charge is -2.37. The molecule has 8 heteroatoms. The molecule has 3 unspecified atom stereocenters. The van der Waals surface area contributed by atoms with Crippen molar-refractivity contribution in [1.29, 1.82) is 0 Å². The van der Waals surface area contributed by atoms with Crippen molar-refractivity contribution in [1.82, 2.24) is 20.4 Å². The predicted octanol–water partition coefficient (Wildman–Crippen LogP) is 0.496. The standard InChI is InChI=1S/C21H29FN4O3/c22-16-3-1-15(2-4-16)12-23-17-11-19-21(28)24-13-18(26(19)14-17)5-6-20(27)25-7-9-29-10-8-25/h1-4,17-19,23H,5-14H2,(H,24,28). The molecule has 0 saturated carbocycles. The average molecular weight is 404 g/mol. The molecule has 3 heterocycles. The number of carbonyl (C=O) groups excluding carboxylic acids is 2. The van der Waals surface area contributed by atoms with Crippen molar-refractivity contribution < 1.29 is 18.7 Å². The van der Waals surface area contributed by atoms with Gasteiger partial charge in [0.2, 0.25) is 11.8 Å². The Hall–Kier alpha value is -2.03. The van der Waals surface area contributed by atoms with Gasteiger partial charge in [-0.05, 0) is 30.5 Å². The first-order chi connectivity index (χ1) is 14.1. The molecular formula is C21H29FN4O3. The summed E-state index contributed by atoms with van der Waals surface area (Å²) in [7, 11) is 0. The van der Waals surface area contributed by atoms with Crippen LogP contribution in [-0.4, -0.2) is 79.1 Å². The second-order valence-electron chi connectivity index (χ2n) is 8.08. The molecule has 4 rings (SSSR count). The third-order valence-electron chi connectivity index (χ3n) is 6.19. The van der Waals surface area contributed by atoms with Crippen molar-refractivity contribution in [3.8, 4) is 0 Å². The van der Waals surface area contributed by atoms with Gasteiger partial charge in [-0.25, -0.2) is 4.39 Å². The van der Waals surface area contributed by atoms with Crippen LogP contribution in [0.2, 0.25) is 0 Å². The van der Waals surface area contributed by atoms with E-state index in [0.29, 0.717) is 45.8 Å². The number of carbonyl (C=O) groups is 2. The van der Waals surface area contributed by atoms with E-state index in [2.05, 4.69) is 15.5 Å². The minimum atomic E-state index is -0.238. The van der Waals surface area contributed by atoms with Gasteiger partial charge in [-0.3, -0.25) is 14.5 Å². The van der Waals surface area contributed by atoms with E-state index in [9.17, 15) is 14.0 Å². The Morgan fingerprint density at radius 3 is 2.76 bits per heavy atom. The van der Waals surface area contributed by atoms with Crippen LogP contribution in [0.15, 0.2) is 24.3 Å². The molecule has 0 aromatic heterocycles. The molecule has 3 fully saturated rings. The van der Waals surface area contributed by atoms with Crippen LogP contribution in [0.5, 0.6) is 0 Å². The van der Waals surface area contributed by atoms with Crippen molar-refractivity contribution in [3.63, 3.8) is 0 Å². The Kier molecular flexibility index (Phi) is 6.42. The van der Waals surface area contributed by atoms with E-state index in [-0.39, 0.29) is 35.8 Å². The van der Waals surface area contributed by atoms with E-state index in [4.69, 9.17) is 4.74 Å². The summed E-state index contributed by atoms with van der Waals surface area (Å²) in [6, 6.07) is 6.72. The summed E-state index contributed by atoms with van der Waals surface area (Å²) < 4.78 is 18.4. The van der Waals surface area contributed by atoms with Crippen LogP contribution in [0, 0.1) is 5.82 Å². The zero-order valence-electron chi connectivity index (χ0n) is 16.6. The minimum absolute atomic E-state index is 0.0758. The maximum absolute atomic E-state index is 13.1. The molecule has 1 aromatic carbocycles. The Balaban J connectivity index is 1.29. The highest BCUT2D eigenvalue weighted by molar-refractivity contribution is 5.83. The highest BCUT2D eigenvalue weighted by Gasteiger charge is 2.43. The number of fused-ring (bicyclic) bond motifs is 1. The van der Waals surface area contributed by atoms with Crippen LogP contribution in [0.4, 0.5) is 4.39 Å². The molecule has 7 nitrogen and oxygen atoms in total. The Morgan fingerprint density at radius 2 is 2.00 bits per heavy atom. The smallest absolute Gasteiger partial charge is 0.237 e. The molecule has 2 amide bonds. The van der Waals surface area contributed by atoms with Crippen LogP contribution >= 0.6 is 0 Å². The molecule has 3 aliphatic rings. The fraction of sp³-hybridized carbons (Fsp3) is 0.619. The lowest BCUT2D eigenvalue weighted by Crippen LogP contribution is -2.58. The van der Waals surface area contributed by atoms with E-state index in [1.807, 2.05) is 4.90 Å². The average Bonchev–Trinajstić information content (AvgIpc) is 3.19. The Bertz CT molecular complexity index is 723. The van der Waals surface area contributed by atoms with Gasteiger partial charge in [0.1, 0.15) is 5.82 Å². The third kappa shape index (κ3) is 4.94. The molecule has 1 aromatic rings. The lowest BCUT2D eigenvalue weighted by molar-refractivity contribution is -0.136. The zero-order valence-corrected chi connectivity index (χ0v) is 16.6. The van der Waals surface area contributed by atoms with E-state index >= 15 is 0 Å². The van der Waals surface area contributed by atoms with Crippen molar-refractivity contribution >= 4 is 11.8 Å². The summed E-state index contributed by atoms with van der Waals surface area (Å²) >= 11 is 0. The summed E-state index contributed by atoms with van der Waals surface area (Å²) in [6.07, 6.45) is 2.00. The van der Waals surface area contributed by atoms with Crippen molar-refractivity contribution in [2.45, 2.75) is 43.9 Å². The fourth-order valence-corrected chi connectivity index (χ4v) is 4.52. The van der Waals surface area contributed by atoms with Crippen molar-refractivity contribution in [2.75, 3.05) is 39.4 Å². The van der Waals surface area contributed by atoms with Crippen molar-refractivity contribution in [2.24, 2.45) is 0 Å².